The first-order chi connectivity index (χ1) is 12.8. The van der Waals surface area contributed by atoms with Gasteiger partial charge in [0.05, 0.1) is 66.1 Å². The smallest absolute Gasteiger partial charge is 0.222 e. The average molecular weight is 376 g/mol. The maximum Gasteiger partial charge on any atom is 0.222 e. The fourth-order valence-electron chi connectivity index (χ4n) is 2.45. The molecule has 0 spiro atoms. The van der Waals surface area contributed by atoms with Gasteiger partial charge in [-0.3, -0.25) is 4.79 Å². The van der Waals surface area contributed by atoms with Gasteiger partial charge in [0, 0.05) is 19.5 Å². The molecular formula is C18H36N2O6. The molecule has 1 amide bonds. The highest BCUT2D eigenvalue weighted by Gasteiger charge is 2.13. The number of rotatable bonds is 5. The van der Waals surface area contributed by atoms with Gasteiger partial charge in [-0.1, -0.05) is 6.42 Å². The molecule has 2 N–H and O–H groups in total. The Labute approximate surface area is 157 Å². The highest BCUT2D eigenvalue weighted by atomic mass is 16.6. The molecule has 0 saturated carbocycles. The zero-order valence-corrected chi connectivity index (χ0v) is 16.0. The summed E-state index contributed by atoms with van der Waals surface area (Å²) < 4.78 is 27.4. The Morgan fingerprint density at radius 3 is 1.50 bits per heavy atom. The van der Waals surface area contributed by atoms with Gasteiger partial charge in [-0.2, -0.15) is 0 Å². The van der Waals surface area contributed by atoms with Gasteiger partial charge in [-0.15, -0.1) is 0 Å². The Morgan fingerprint density at radius 2 is 1.08 bits per heavy atom. The lowest BCUT2D eigenvalue weighted by Crippen LogP contribution is -2.37. The standard InChI is InChI=1S/C18H36N2O6/c19-5-3-1-2-4-18(21)20-6-8-22-10-12-24-14-16-26-17-15-25-13-11-23-9-7-20/h1-17,19H2. The fraction of sp³-hybridized carbons (Fsp3) is 0.944. The van der Waals surface area contributed by atoms with Crippen molar-refractivity contribution in [1.29, 1.82) is 0 Å². The van der Waals surface area contributed by atoms with Gasteiger partial charge in [0.2, 0.25) is 5.91 Å². The number of nitrogens with two attached hydrogens (primary N) is 1. The first kappa shape index (κ1) is 23.3. The first-order valence-corrected chi connectivity index (χ1v) is 9.71. The van der Waals surface area contributed by atoms with Gasteiger partial charge in [-0.25, -0.2) is 0 Å². The molecule has 154 valence electrons. The van der Waals surface area contributed by atoms with Crippen LogP contribution in [-0.2, 0) is 28.5 Å². The van der Waals surface area contributed by atoms with Crippen molar-refractivity contribution in [2.45, 2.75) is 25.7 Å². The van der Waals surface area contributed by atoms with E-state index in [1.807, 2.05) is 4.90 Å². The molecular weight excluding hydrogens is 340 g/mol. The van der Waals surface area contributed by atoms with E-state index in [2.05, 4.69) is 0 Å². The summed E-state index contributed by atoms with van der Waals surface area (Å²) in [6.45, 7) is 7.06. The largest absolute Gasteiger partial charge is 0.377 e. The maximum atomic E-state index is 12.4. The molecule has 0 radical (unpaired) electrons. The number of carbonyl (C=O) groups excluding carboxylic acids is 1. The minimum atomic E-state index is 0.147. The van der Waals surface area contributed by atoms with E-state index in [1.54, 1.807) is 0 Å². The number of unbranched alkanes of at least 4 members (excludes halogenated alkanes) is 2. The first-order valence-electron chi connectivity index (χ1n) is 9.71. The molecule has 0 aliphatic carbocycles. The monoisotopic (exact) mass is 376 g/mol. The molecule has 0 aromatic rings. The third kappa shape index (κ3) is 13.4. The summed E-state index contributed by atoms with van der Waals surface area (Å²) in [5.41, 5.74) is 5.49. The molecule has 1 heterocycles. The molecule has 8 nitrogen and oxygen atoms in total. The van der Waals surface area contributed by atoms with Crippen molar-refractivity contribution < 1.29 is 28.5 Å². The number of nitrogens with zero attached hydrogens (tertiary/aromatic N) is 1. The van der Waals surface area contributed by atoms with Crippen LogP contribution in [-0.4, -0.2) is 96.5 Å². The minimum Gasteiger partial charge on any atom is -0.377 e. The quantitative estimate of drug-likeness (QED) is 0.696. The number of hydrogen-bond acceptors (Lipinski definition) is 7. The van der Waals surface area contributed by atoms with Gasteiger partial charge in [0.25, 0.3) is 0 Å². The molecule has 1 saturated heterocycles. The third-order valence-electron chi connectivity index (χ3n) is 3.95. The number of ether oxygens (including phenoxy) is 5. The van der Waals surface area contributed by atoms with Crippen molar-refractivity contribution >= 4 is 5.91 Å². The van der Waals surface area contributed by atoms with Crippen molar-refractivity contribution in [2.24, 2.45) is 5.73 Å². The van der Waals surface area contributed by atoms with E-state index in [9.17, 15) is 4.79 Å². The predicted molar refractivity (Wildman–Crippen MR) is 98.2 cm³/mol. The van der Waals surface area contributed by atoms with Crippen molar-refractivity contribution in [3.63, 3.8) is 0 Å². The lowest BCUT2D eigenvalue weighted by atomic mass is 10.2. The van der Waals surface area contributed by atoms with Gasteiger partial charge in [0.1, 0.15) is 0 Å². The van der Waals surface area contributed by atoms with Crippen LogP contribution in [0.4, 0.5) is 0 Å². The molecule has 0 atom stereocenters. The summed E-state index contributed by atoms with van der Waals surface area (Å²) >= 11 is 0. The average Bonchev–Trinajstić information content (AvgIpc) is 2.65. The molecule has 1 aliphatic heterocycles. The van der Waals surface area contributed by atoms with E-state index in [-0.39, 0.29) is 5.91 Å². The minimum absolute atomic E-state index is 0.147. The Balaban J connectivity index is 2.32. The SMILES string of the molecule is NCCCCCC(=O)N1CCOCCOCCOCCOCCOCC1. The Morgan fingerprint density at radius 1 is 0.654 bits per heavy atom. The number of carbonyl (C=O) groups is 1. The highest BCUT2D eigenvalue weighted by Crippen LogP contribution is 2.03. The summed E-state index contributed by atoms with van der Waals surface area (Å²) in [6, 6.07) is 0. The van der Waals surface area contributed by atoms with Crippen LogP contribution >= 0.6 is 0 Å². The lowest BCUT2D eigenvalue weighted by Gasteiger charge is -2.23. The van der Waals surface area contributed by atoms with Gasteiger partial charge in [-0.05, 0) is 19.4 Å². The summed E-state index contributed by atoms with van der Waals surface area (Å²) in [5, 5.41) is 0. The molecule has 8 heteroatoms. The summed E-state index contributed by atoms with van der Waals surface area (Å²) in [6.07, 6.45) is 3.37. The Kier molecular flexibility index (Phi) is 15.8. The second-order valence-electron chi connectivity index (χ2n) is 6.04. The van der Waals surface area contributed by atoms with Crippen molar-refractivity contribution in [3.05, 3.63) is 0 Å². The summed E-state index contributed by atoms with van der Waals surface area (Å²) in [7, 11) is 0. The number of amides is 1. The summed E-state index contributed by atoms with van der Waals surface area (Å²) in [5.74, 6) is 0.147. The molecule has 0 aromatic carbocycles. The Bertz CT molecular complexity index is 315. The zero-order valence-electron chi connectivity index (χ0n) is 16.0. The van der Waals surface area contributed by atoms with E-state index in [0.717, 1.165) is 19.3 Å². The third-order valence-corrected chi connectivity index (χ3v) is 3.95. The van der Waals surface area contributed by atoms with Crippen LogP contribution in [0.1, 0.15) is 25.7 Å². The van der Waals surface area contributed by atoms with Crippen LogP contribution < -0.4 is 5.73 Å². The number of hydrogen-bond donors (Lipinski definition) is 1. The van der Waals surface area contributed by atoms with Crippen molar-refractivity contribution in [2.75, 3.05) is 85.7 Å². The summed E-state index contributed by atoms with van der Waals surface area (Å²) in [4.78, 5) is 14.2. The lowest BCUT2D eigenvalue weighted by molar-refractivity contribution is -0.133. The maximum absolute atomic E-state index is 12.4. The van der Waals surface area contributed by atoms with Crippen LogP contribution in [0.3, 0.4) is 0 Å². The van der Waals surface area contributed by atoms with Crippen LogP contribution in [0.5, 0.6) is 0 Å². The van der Waals surface area contributed by atoms with Crippen LogP contribution in [0, 0.1) is 0 Å². The van der Waals surface area contributed by atoms with Crippen molar-refractivity contribution in [3.8, 4) is 0 Å². The van der Waals surface area contributed by atoms with Gasteiger partial charge < -0.3 is 34.3 Å². The van der Waals surface area contributed by atoms with E-state index >= 15 is 0 Å². The molecule has 26 heavy (non-hydrogen) atoms. The molecule has 0 aromatic heterocycles. The normalized spacial score (nSPS) is 20.3. The second kappa shape index (κ2) is 17.6. The Hall–Kier alpha value is -0.770. The second-order valence-corrected chi connectivity index (χ2v) is 6.04. The molecule has 1 fully saturated rings. The fourth-order valence-corrected chi connectivity index (χ4v) is 2.45. The van der Waals surface area contributed by atoms with Crippen LogP contribution in [0.15, 0.2) is 0 Å². The van der Waals surface area contributed by atoms with Crippen LogP contribution in [0.2, 0.25) is 0 Å². The highest BCUT2D eigenvalue weighted by molar-refractivity contribution is 5.76. The van der Waals surface area contributed by atoms with E-state index in [4.69, 9.17) is 29.4 Å². The topological polar surface area (TPSA) is 92.5 Å². The van der Waals surface area contributed by atoms with Gasteiger partial charge >= 0.3 is 0 Å². The van der Waals surface area contributed by atoms with Crippen molar-refractivity contribution in [1.82, 2.24) is 4.90 Å². The van der Waals surface area contributed by atoms with Gasteiger partial charge in [0.15, 0.2) is 0 Å². The molecule has 1 rings (SSSR count). The van der Waals surface area contributed by atoms with E-state index in [1.165, 1.54) is 0 Å². The van der Waals surface area contributed by atoms with E-state index in [0.29, 0.717) is 92.1 Å². The van der Waals surface area contributed by atoms with E-state index < -0.39 is 0 Å². The molecule has 0 bridgehead atoms. The molecule has 1 aliphatic rings. The zero-order chi connectivity index (χ0) is 18.7. The molecule has 0 unspecified atom stereocenters. The predicted octanol–water partition coefficient (Wildman–Crippen LogP) is 0.431. The van der Waals surface area contributed by atoms with Crippen LogP contribution in [0.25, 0.3) is 0 Å².